The van der Waals surface area contributed by atoms with Gasteiger partial charge < -0.3 is 9.84 Å². The summed E-state index contributed by atoms with van der Waals surface area (Å²) < 4.78 is 30.2. The molecule has 7 heteroatoms. The molecule has 0 unspecified atom stereocenters. The first-order valence-electron chi connectivity index (χ1n) is 5.84. The average Bonchev–Trinajstić information content (AvgIpc) is 2.36. The molecule has 0 heterocycles. The normalized spacial score (nSPS) is 11.2. The minimum Gasteiger partial charge on any atom is -0.508 e. The zero-order chi connectivity index (χ0) is 14.3. The van der Waals surface area contributed by atoms with Crippen molar-refractivity contribution in [2.75, 3.05) is 12.4 Å². The summed E-state index contributed by atoms with van der Waals surface area (Å²) in [5.41, 5.74) is 0.474. The first-order valence-corrected chi connectivity index (χ1v) is 7.49. The van der Waals surface area contributed by atoms with E-state index in [4.69, 9.17) is 0 Å². The smallest absolute Gasteiger partial charge is 0.306 e. The molecule has 0 aliphatic carbocycles. The van der Waals surface area contributed by atoms with Crippen LogP contribution >= 0.6 is 0 Å². The summed E-state index contributed by atoms with van der Waals surface area (Å²) in [4.78, 5) is 11.1. The van der Waals surface area contributed by atoms with Crippen LogP contribution in [0.1, 0.15) is 18.9 Å². The van der Waals surface area contributed by atoms with Crippen LogP contribution in [-0.4, -0.2) is 31.9 Å². The number of carbonyl (C=O) groups excluding carboxylic acids is 1. The summed E-state index contributed by atoms with van der Waals surface area (Å²) in [5.74, 6) is -0.856. The Hall–Kier alpha value is -1.60. The van der Waals surface area contributed by atoms with Gasteiger partial charge in [0.2, 0.25) is 10.0 Å². The monoisotopic (exact) mass is 287 g/mol. The Morgan fingerprint density at radius 1 is 1.37 bits per heavy atom. The van der Waals surface area contributed by atoms with E-state index in [-0.39, 0.29) is 31.1 Å². The molecule has 2 N–H and O–H groups in total. The van der Waals surface area contributed by atoms with Crippen molar-refractivity contribution in [1.82, 2.24) is 4.72 Å². The van der Waals surface area contributed by atoms with Gasteiger partial charge in [0.25, 0.3) is 0 Å². The molecule has 1 rings (SSSR count). The second kappa shape index (κ2) is 7.10. The highest BCUT2D eigenvalue weighted by molar-refractivity contribution is 7.89. The van der Waals surface area contributed by atoms with Crippen molar-refractivity contribution in [2.24, 2.45) is 0 Å². The highest BCUT2D eigenvalue weighted by atomic mass is 32.2. The quantitative estimate of drug-likeness (QED) is 0.722. The fourth-order valence-electron chi connectivity index (χ4n) is 1.37. The third-order valence-corrected chi connectivity index (χ3v) is 3.68. The van der Waals surface area contributed by atoms with E-state index >= 15 is 0 Å². The van der Waals surface area contributed by atoms with E-state index in [0.717, 1.165) is 0 Å². The van der Waals surface area contributed by atoms with Gasteiger partial charge in [0, 0.05) is 12.1 Å². The van der Waals surface area contributed by atoms with Gasteiger partial charge in [-0.3, -0.25) is 4.79 Å². The molecule has 0 bridgehead atoms. The van der Waals surface area contributed by atoms with E-state index in [1.54, 1.807) is 25.1 Å². The summed E-state index contributed by atoms with van der Waals surface area (Å²) in [7, 11) is -3.57. The number of para-hydroxylation sites is 1. The van der Waals surface area contributed by atoms with Crippen LogP contribution in [0.4, 0.5) is 0 Å². The zero-order valence-corrected chi connectivity index (χ0v) is 11.4. The number of benzene rings is 1. The first kappa shape index (κ1) is 15.5. The van der Waals surface area contributed by atoms with E-state index in [1.807, 2.05) is 0 Å². The standard InChI is InChI=1S/C12H17NO5S/c1-2-18-12(15)7-8-19(16,17)13-9-10-5-3-4-6-11(10)14/h3-6,13-14H,2,7-9H2,1H3. The van der Waals surface area contributed by atoms with Gasteiger partial charge in [-0.25, -0.2) is 13.1 Å². The van der Waals surface area contributed by atoms with E-state index in [0.29, 0.717) is 5.56 Å². The Balaban J connectivity index is 2.47. The van der Waals surface area contributed by atoms with E-state index in [1.165, 1.54) is 6.07 Å². The highest BCUT2D eigenvalue weighted by Gasteiger charge is 2.14. The number of esters is 1. The number of nitrogens with one attached hydrogen (secondary N) is 1. The molecule has 6 nitrogen and oxygen atoms in total. The molecule has 0 fully saturated rings. The van der Waals surface area contributed by atoms with Crippen LogP contribution in [0.3, 0.4) is 0 Å². The Labute approximate surface area is 112 Å². The lowest BCUT2D eigenvalue weighted by atomic mass is 10.2. The molecule has 0 saturated heterocycles. The second-order valence-electron chi connectivity index (χ2n) is 3.82. The van der Waals surface area contributed by atoms with Gasteiger partial charge in [-0.15, -0.1) is 0 Å². The molecular formula is C12H17NO5S. The summed E-state index contributed by atoms with van der Waals surface area (Å²) in [5, 5.41) is 9.49. The second-order valence-corrected chi connectivity index (χ2v) is 5.75. The van der Waals surface area contributed by atoms with Crippen molar-refractivity contribution in [3.05, 3.63) is 29.8 Å². The van der Waals surface area contributed by atoms with Gasteiger partial charge in [-0.2, -0.15) is 0 Å². The van der Waals surface area contributed by atoms with Gasteiger partial charge in [-0.1, -0.05) is 18.2 Å². The maximum absolute atomic E-state index is 11.6. The largest absolute Gasteiger partial charge is 0.508 e. The molecule has 0 amide bonds. The minimum atomic E-state index is -3.57. The molecule has 0 atom stereocenters. The van der Waals surface area contributed by atoms with Crippen molar-refractivity contribution >= 4 is 16.0 Å². The minimum absolute atomic E-state index is 0.0160. The number of ether oxygens (including phenoxy) is 1. The van der Waals surface area contributed by atoms with E-state index in [2.05, 4.69) is 9.46 Å². The Morgan fingerprint density at radius 3 is 2.68 bits per heavy atom. The topological polar surface area (TPSA) is 92.7 Å². The molecule has 0 aromatic heterocycles. The summed E-state index contributed by atoms with van der Waals surface area (Å²) in [6, 6.07) is 6.43. The highest BCUT2D eigenvalue weighted by Crippen LogP contribution is 2.15. The van der Waals surface area contributed by atoms with Crippen LogP contribution in [0.25, 0.3) is 0 Å². The predicted molar refractivity (Wildman–Crippen MR) is 70.0 cm³/mol. The maximum Gasteiger partial charge on any atom is 0.306 e. The van der Waals surface area contributed by atoms with Crippen LogP contribution in [0.15, 0.2) is 24.3 Å². The number of rotatable bonds is 7. The van der Waals surface area contributed by atoms with Crippen LogP contribution in [-0.2, 0) is 26.1 Å². The number of carbonyl (C=O) groups is 1. The van der Waals surface area contributed by atoms with Crippen LogP contribution in [0.5, 0.6) is 5.75 Å². The lowest BCUT2D eigenvalue weighted by molar-refractivity contribution is -0.142. The van der Waals surface area contributed by atoms with E-state index < -0.39 is 16.0 Å². The Kier molecular flexibility index (Phi) is 5.78. The molecule has 0 radical (unpaired) electrons. The third-order valence-electron chi connectivity index (χ3n) is 2.35. The lowest BCUT2D eigenvalue weighted by Gasteiger charge is -2.07. The van der Waals surface area contributed by atoms with Crippen molar-refractivity contribution in [3.8, 4) is 5.75 Å². The number of aromatic hydroxyl groups is 1. The molecule has 0 aliphatic rings. The molecule has 1 aromatic carbocycles. The summed E-state index contributed by atoms with van der Waals surface area (Å²) in [6.45, 7) is 1.87. The number of phenols is 1. The van der Waals surface area contributed by atoms with Crippen LogP contribution in [0, 0.1) is 0 Å². The van der Waals surface area contributed by atoms with Crippen molar-refractivity contribution in [3.63, 3.8) is 0 Å². The molecular weight excluding hydrogens is 270 g/mol. The number of phenolic OH excluding ortho intramolecular Hbond substituents is 1. The predicted octanol–water partition coefficient (Wildman–Crippen LogP) is 0.765. The summed E-state index contributed by atoms with van der Waals surface area (Å²) >= 11 is 0. The fraction of sp³-hybridized carbons (Fsp3) is 0.417. The molecule has 0 spiro atoms. The SMILES string of the molecule is CCOC(=O)CCS(=O)(=O)NCc1ccccc1O. The molecule has 1 aromatic rings. The summed E-state index contributed by atoms with van der Waals surface area (Å²) in [6.07, 6.45) is -0.191. The number of hydrogen-bond acceptors (Lipinski definition) is 5. The Bertz CT molecular complexity index is 527. The van der Waals surface area contributed by atoms with Crippen molar-refractivity contribution in [1.29, 1.82) is 0 Å². The molecule has 19 heavy (non-hydrogen) atoms. The van der Waals surface area contributed by atoms with Crippen molar-refractivity contribution in [2.45, 2.75) is 19.9 Å². The van der Waals surface area contributed by atoms with Crippen molar-refractivity contribution < 1.29 is 23.1 Å². The number of sulfonamides is 1. The maximum atomic E-state index is 11.6. The average molecular weight is 287 g/mol. The number of hydrogen-bond donors (Lipinski definition) is 2. The zero-order valence-electron chi connectivity index (χ0n) is 10.6. The van der Waals surface area contributed by atoms with Gasteiger partial charge in [-0.05, 0) is 13.0 Å². The van der Waals surface area contributed by atoms with Gasteiger partial charge in [0.05, 0.1) is 18.8 Å². The van der Waals surface area contributed by atoms with Gasteiger partial charge in [0.15, 0.2) is 0 Å². The molecule has 0 saturated carbocycles. The van der Waals surface area contributed by atoms with Gasteiger partial charge >= 0.3 is 5.97 Å². The molecule has 0 aliphatic heterocycles. The fourth-order valence-corrected chi connectivity index (χ4v) is 2.33. The third kappa shape index (κ3) is 5.71. The lowest BCUT2D eigenvalue weighted by Crippen LogP contribution is -2.27. The molecule has 106 valence electrons. The van der Waals surface area contributed by atoms with Crippen LogP contribution < -0.4 is 4.72 Å². The van der Waals surface area contributed by atoms with Crippen LogP contribution in [0.2, 0.25) is 0 Å². The van der Waals surface area contributed by atoms with Gasteiger partial charge in [0.1, 0.15) is 5.75 Å². The Morgan fingerprint density at radius 2 is 2.05 bits per heavy atom. The van der Waals surface area contributed by atoms with E-state index in [9.17, 15) is 18.3 Å². The first-order chi connectivity index (χ1) is 8.94.